The average molecular weight is 786 g/mol. The summed E-state index contributed by atoms with van der Waals surface area (Å²) in [5.41, 5.74) is 9.77. The molecule has 11 aromatic rings. The molecule has 0 bridgehead atoms. The van der Waals surface area contributed by atoms with Crippen LogP contribution >= 0.6 is 11.3 Å². The van der Waals surface area contributed by atoms with E-state index in [1.807, 2.05) is 11.3 Å². The molecule has 284 valence electrons. The molecule has 0 saturated heterocycles. The van der Waals surface area contributed by atoms with Gasteiger partial charge in [-0.1, -0.05) is 133 Å². The van der Waals surface area contributed by atoms with E-state index in [1.165, 1.54) is 41.7 Å². The zero-order chi connectivity index (χ0) is 39.8. The van der Waals surface area contributed by atoms with Gasteiger partial charge in [-0.15, -0.1) is 11.3 Å². The second-order valence-electron chi connectivity index (χ2n) is 15.0. The molecule has 0 amide bonds. The molecule has 0 spiro atoms. The monoisotopic (exact) mass is 785 g/mol. The molecule has 0 atom stereocenters. The predicted octanol–water partition coefficient (Wildman–Crippen LogP) is 16.8. The number of anilines is 9. The highest BCUT2D eigenvalue weighted by atomic mass is 32.1. The second-order valence-corrected chi connectivity index (χ2v) is 16.1. The van der Waals surface area contributed by atoms with Gasteiger partial charge in [0.2, 0.25) is 0 Å². The van der Waals surface area contributed by atoms with Gasteiger partial charge in [-0.2, -0.15) is 0 Å². The third-order valence-electron chi connectivity index (χ3n) is 11.3. The summed E-state index contributed by atoms with van der Waals surface area (Å²) in [5, 5.41) is 7.44. The summed E-state index contributed by atoms with van der Waals surface area (Å²) < 4.78 is 2.58. The summed E-state index contributed by atoms with van der Waals surface area (Å²) in [6, 6.07) is 85.4. The Kier molecular flexibility index (Phi) is 9.03. The van der Waals surface area contributed by atoms with Crippen molar-refractivity contribution >= 4 is 104 Å². The SMILES string of the molecule is c1ccc(N(c2ccccc2)c2cccc(N(c3ccccc3)c3cccc(N(c4ccc5sc6ccccc6c5c4)c4cc5ccccc5c5ccccc45)c3)c2)cc1. The van der Waals surface area contributed by atoms with Crippen molar-refractivity contribution in [2.75, 3.05) is 14.7 Å². The van der Waals surface area contributed by atoms with Crippen molar-refractivity contribution in [3.63, 3.8) is 0 Å². The zero-order valence-electron chi connectivity index (χ0n) is 32.8. The van der Waals surface area contributed by atoms with Crippen LogP contribution in [0.4, 0.5) is 51.2 Å². The minimum atomic E-state index is 1.05. The maximum atomic E-state index is 2.45. The summed E-state index contributed by atoms with van der Waals surface area (Å²) in [7, 11) is 0. The molecule has 1 heterocycles. The van der Waals surface area contributed by atoms with Crippen LogP contribution in [-0.2, 0) is 0 Å². The summed E-state index contributed by atoms with van der Waals surface area (Å²) >= 11 is 1.85. The highest BCUT2D eigenvalue weighted by molar-refractivity contribution is 7.25. The zero-order valence-corrected chi connectivity index (χ0v) is 33.6. The van der Waals surface area contributed by atoms with Gasteiger partial charge in [0.05, 0.1) is 5.69 Å². The first kappa shape index (κ1) is 35.5. The van der Waals surface area contributed by atoms with Gasteiger partial charge in [0.15, 0.2) is 0 Å². The first-order chi connectivity index (χ1) is 29.8. The van der Waals surface area contributed by atoms with Gasteiger partial charge in [0.25, 0.3) is 0 Å². The van der Waals surface area contributed by atoms with E-state index >= 15 is 0 Å². The fourth-order valence-corrected chi connectivity index (χ4v) is 9.75. The minimum Gasteiger partial charge on any atom is -0.310 e. The molecule has 10 aromatic carbocycles. The quantitative estimate of drug-likeness (QED) is 0.135. The van der Waals surface area contributed by atoms with E-state index in [0.29, 0.717) is 0 Å². The number of benzene rings is 10. The lowest BCUT2D eigenvalue weighted by molar-refractivity contribution is 1.24. The lowest BCUT2D eigenvalue weighted by atomic mass is 9.99. The molecule has 0 aliphatic rings. The molecule has 0 aliphatic heterocycles. The minimum absolute atomic E-state index is 1.05. The Bertz CT molecular complexity index is 3250. The molecule has 0 aliphatic carbocycles. The third-order valence-corrected chi connectivity index (χ3v) is 12.5. The molecule has 11 rings (SSSR count). The molecular weight excluding hydrogens is 747 g/mol. The van der Waals surface area contributed by atoms with Crippen molar-refractivity contribution < 1.29 is 0 Å². The van der Waals surface area contributed by atoms with Crippen molar-refractivity contribution in [1.29, 1.82) is 0 Å². The van der Waals surface area contributed by atoms with E-state index < -0.39 is 0 Å². The van der Waals surface area contributed by atoms with Crippen LogP contribution in [0.5, 0.6) is 0 Å². The first-order valence-electron chi connectivity index (χ1n) is 20.3. The third kappa shape index (κ3) is 6.40. The lowest BCUT2D eigenvalue weighted by Gasteiger charge is -2.31. The highest BCUT2D eigenvalue weighted by Gasteiger charge is 2.22. The molecule has 0 N–H and O–H groups in total. The van der Waals surface area contributed by atoms with Crippen LogP contribution < -0.4 is 14.7 Å². The molecule has 0 saturated carbocycles. The number of hydrogen-bond donors (Lipinski definition) is 0. The number of rotatable bonds is 9. The van der Waals surface area contributed by atoms with Gasteiger partial charge >= 0.3 is 0 Å². The predicted molar refractivity (Wildman–Crippen MR) is 258 cm³/mol. The largest absolute Gasteiger partial charge is 0.310 e. The van der Waals surface area contributed by atoms with E-state index in [0.717, 1.165) is 51.2 Å². The molecule has 0 unspecified atom stereocenters. The average Bonchev–Trinajstić information content (AvgIpc) is 3.69. The Morgan fingerprint density at radius 1 is 0.233 bits per heavy atom. The second kappa shape index (κ2) is 15.3. The van der Waals surface area contributed by atoms with Crippen LogP contribution in [0.15, 0.2) is 237 Å². The molecule has 1 aromatic heterocycles. The van der Waals surface area contributed by atoms with Gasteiger partial charge in [0.1, 0.15) is 0 Å². The van der Waals surface area contributed by atoms with Gasteiger partial charge < -0.3 is 14.7 Å². The van der Waals surface area contributed by atoms with Gasteiger partial charge in [-0.05, 0) is 119 Å². The smallest absolute Gasteiger partial charge is 0.0546 e. The topological polar surface area (TPSA) is 9.72 Å². The van der Waals surface area contributed by atoms with Gasteiger partial charge in [-0.25, -0.2) is 0 Å². The molecule has 3 nitrogen and oxygen atoms in total. The van der Waals surface area contributed by atoms with E-state index in [4.69, 9.17) is 0 Å². The number of thiophene rings is 1. The van der Waals surface area contributed by atoms with Crippen molar-refractivity contribution in [3.8, 4) is 0 Å². The Morgan fingerprint density at radius 3 is 1.25 bits per heavy atom. The van der Waals surface area contributed by atoms with Crippen molar-refractivity contribution in [3.05, 3.63) is 237 Å². The summed E-state index contributed by atoms with van der Waals surface area (Å²) in [6.45, 7) is 0. The maximum absolute atomic E-state index is 2.45. The Balaban J connectivity index is 1.12. The van der Waals surface area contributed by atoms with Crippen LogP contribution in [-0.4, -0.2) is 0 Å². The fourth-order valence-electron chi connectivity index (χ4n) is 8.67. The Morgan fingerprint density at radius 2 is 0.650 bits per heavy atom. The standard InChI is InChI=1S/C56H39N3S/c1-4-19-41(20-5-1)57(42-21-6-2-7-22-42)44-25-16-26-45(37-44)58(43-23-8-3-9-24-43)46-27-17-28-47(38-46)59(48-34-35-56-53(39-48)52-32-14-15-33-55(52)60-56)54-36-40-18-10-11-29-49(40)50-30-12-13-31-51(50)54/h1-39H. The van der Waals surface area contributed by atoms with Crippen molar-refractivity contribution in [2.24, 2.45) is 0 Å². The number of para-hydroxylation sites is 3. The molecule has 0 radical (unpaired) electrons. The Labute approximate surface area is 353 Å². The van der Waals surface area contributed by atoms with Crippen molar-refractivity contribution in [2.45, 2.75) is 0 Å². The van der Waals surface area contributed by atoms with Gasteiger partial charge in [-0.3, -0.25) is 0 Å². The van der Waals surface area contributed by atoms with E-state index in [9.17, 15) is 0 Å². The van der Waals surface area contributed by atoms with Crippen molar-refractivity contribution in [1.82, 2.24) is 0 Å². The van der Waals surface area contributed by atoms with Crippen LogP contribution in [0.25, 0.3) is 41.7 Å². The van der Waals surface area contributed by atoms with Crippen LogP contribution in [0.2, 0.25) is 0 Å². The highest BCUT2D eigenvalue weighted by Crippen LogP contribution is 2.47. The number of hydrogen-bond acceptors (Lipinski definition) is 4. The lowest BCUT2D eigenvalue weighted by Crippen LogP contribution is -2.14. The summed E-state index contributed by atoms with van der Waals surface area (Å²) in [6.07, 6.45) is 0. The van der Waals surface area contributed by atoms with Crippen LogP contribution in [0.1, 0.15) is 0 Å². The summed E-state index contributed by atoms with van der Waals surface area (Å²) in [4.78, 5) is 7.14. The molecule has 60 heavy (non-hydrogen) atoms. The van der Waals surface area contributed by atoms with Gasteiger partial charge in [0, 0.05) is 71.1 Å². The summed E-state index contributed by atoms with van der Waals surface area (Å²) in [5.74, 6) is 0. The van der Waals surface area contributed by atoms with Crippen LogP contribution in [0.3, 0.4) is 0 Å². The molecule has 4 heteroatoms. The molecular formula is C56H39N3S. The molecule has 0 fully saturated rings. The van der Waals surface area contributed by atoms with E-state index in [-0.39, 0.29) is 0 Å². The number of fused-ring (bicyclic) bond motifs is 6. The maximum Gasteiger partial charge on any atom is 0.0546 e. The van der Waals surface area contributed by atoms with Crippen LogP contribution in [0, 0.1) is 0 Å². The first-order valence-corrected chi connectivity index (χ1v) is 21.2. The van der Waals surface area contributed by atoms with E-state index in [1.54, 1.807) is 0 Å². The number of nitrogens with zero attached hydrogens (tertiary/aromatic N) is 3. The van der Waals surface area contributed by atoms with E-state index in [2.05, 4.69) is 251 Å². The normalized spacial score (nSPS) is 11.3. The fraction of sp³-hybridized carbons (Fsp3) is 0. The Hall–Kier alpha value is -7.66.